The molecule has 0 aliphatic heterocycles. The Bertz CT molecular complexity index is 589. The molecule has 0 saturated heterocycles. The van der Waals surface area contributed by atoms with Gasteiger partial charge in [0.2, 0.25) is 0 Å². The summed E-state index contributed by atoms with van der Waals surface area (Å²) >= 11 is 6.21. The van der Waals surface area contributed by atoms with Crippen LogP contribution in [0.1, 0.15) is 47.4 Å². The Labute approximate surface area is 126 Å². The fraction of sp³-hybridized carbons (Fsp3) is 0.412. The molecule has 20 heavy (non-hydrogen) atoms. The molecule has 1 aromatic carbocycles. The number of hydrogen-bond donors (Lipinski definition) is 1. The normalized spacial score (nSPS) is 12.7. The van der Waals surface area contributed by atoms with Gasteiger partial charge in [-0.2, -0.15) is 0 Å². The summed E-state index contributed by atoms with van der Waals surface area (Å²) in [6.07, 6.45) is 2.94. The summed E-state index contributed by atoms with van der Waals surface area (Å²) in [7, 11) is 0. The van der Waals surface area contributed by atoms with Crippen LogP contribution in [0.4, 0.5) is 0 Å². The van der Waals surface area contributed by atoms with E-state index >= 15 is 0 Å². The van der Waals surface area contributed by atoms with Gasteiger partial charge in [-0.05, 0) is 62.6 Å². The third kappa shape index (κ3) is 3.25. The van der Waals surface area contributed by atoms with Gasteiger partial charge >= 0.3 is 0 Å². The Morgan fingerprint density at radius 3 is 2.50 bits per heavy atom. The van der Waals surface area contributed by atoms with Gasteiger partial charge in [0.15, 0.2) is 0 Å². The summed E-state index contributed by atoms with van der Waals surface area (Å²) in [5, 5.41) is 4.42. The second kappa shape index (κ2) is 6.47. The molecule has 0 amide bonds. The van der Waals surface area contributed by atoms with Crippen LogP contribution in [0.2, 0.25) is 5.02 Å². The smallest absolute Gasteiger partial charge is 0.101 e. The highest BCUT2D eigenvalue weighted by Crippen LogP contribution is 2.30. The lowest BCUT2D eigenvalue weighted by Gasteiger charge is -2.21. The van der Waals surface area contributed by atoms with Crippen LogP contribution < -0.4 is 5.32 Å². The molecule has 2 aromatic rings. The van der Waals surface area contributed by atoms with Crippen molar-refractivity contribution in [3.63, 3.8) is 0 Å². The first-order chi connectivity index (χ1) is 9.52. The molecular formula is C17H22ClNO. The average Bonchev–Trinajstić information content (AvgIpc) is 2.82. The maximum Gasteiger partial charge on any atom is 0.101 e. The van der Waals surface area contributed by atoms with Gasteiger partial charge in [-0.25, -0.2) is 0 Å². The zero-order chi connectivity index (χ0) is 14.7. The van der Waals surface area contributed by atoms with Crippen molar-refractivity contribution in [2.24, 2.45) is 0 Å². The summed E-state index contributed by atoms with van der Waals surface area (Å²) in [6.45, 7) is 9.26. The number of rotatable bonds is 5. The van der Waals surface area contributed by atoms with Crippen molar-refractivity contribution in [2.75, 3.05) is 6.54 Å². The second-order valence-corrected chi connectivity index (χ2v) is 5.74. The molecule has 3 heteroatoms. The van der Waals surface area contributed by atoms with Gasteiger partial charge in [0.25, 0.3) is 0 Å². The number of hydrogen-bond acceptors (Lipinski definition) is 2. The molecule has 1 unspecified atom stereocenters. The lowest BCUT2D eigenvalue weighted by Crippen LogP contribution is -2.23. The van der Waals surface area contributed by atoms with Crippen LogP contribution in [0.3, 0.4) is 0 Å². The van der Waals surface area contributed by atoms with Crippen molar-refractivity contribution in [1.29, 1.82) is 0 Å². The molecule has 1 heterocycles. The van der Waals surface area contributed by atoms with Gasteiger partial charge in [0.05, 0.1) is 12.3 Å². The number of nitrogens with one attached hydrogen (secondary N) is 1. The monoisotopic (exact) mass is 291 g/mol. The summed E-state index contributed by atoms with van der Waals surface area (Å²) in [4.78, 5) is 0. The largest absolute Gasteiger partial charge is 0.469 e. The minimum Gasteiger partial charge on any atom is -0.469 e. The van der Waals surface area contributed by atoms with Gasteiger partial charge in [0, 0.05) is 10.6 Å². The topological polar surface area (TPSA) is 25.2 Å². The van der Waals surface area contributed by atoms with Crippen molar-refractivity contribution in [3.8, 4) is 0 Å². The van der Waals surface area contributed by atoms with Crippen molar-refractivity contribution >= 4 is 11.6 Å². The molecule has 1 aromatic heterocycles. The molecule has 2 nitrogen and oxygen atoms in total. The number of benzene rings is 1. The maximum atomic E-state index is 6.21. The zero-order valence-electron chi connectivity index (χ0n) is 12.6. The number of halogens is 1. The number of furan rings is 1. The Morgan fingerprint density at radius 1 is 1.15 bits per heavy atom. The Hall–Kier alpha value is -1.25. The van der Waals surface area contributed by atoms with E-state index in [1.165, 1.54) is 16.7 Å². The average molecular weight is 292 g/mol. The highest BCUT2D eigenvalue weighted by Gasteiger charge is 2.18. The minimum absolute atomic E-state index is 0.156. The van der Waals surface area contributed by atoms with Gasteiger partial charge in [-0.1, -0.05) is 24.6 Å². The molecule has 0 aliphatic rings. The maximum absolute atomic E-state index is 6.21. The van der Waals surface area contributed by atoms with E-state index in [1.807, 2.05) is 26.2 Å². The lowest BCUT2D eigenvalue weighted by molar-refractivity contribution is 0.523. The quantitative estimate of drug-likeness (QED) is 0.843. The fourth-order valence-corrected chi connectivity index (χ4v) is 2.64. The summed E-state index contributed by atoms with van der Waals surface area (Å²) in [6, 6.07) is 6.47. The molecule has 108 valence electrons. The molecule has 0 bridgehead atoms. The van der Waals surface area contributed by atoms with Gasteiger partial charge in [-0.15, -0.1) is 0 Å². The van der Waals surface area contributed by atoms with Crippen LogP contribution in [0, 0.1) is 20.8 Å². The second-order valence-electron chi connectivity index (χ2n) is 5.34. The van der Waals surface area contributed by atoms with Crippen LogP contribution in [-0.2, 0) is 0 Å². The van der Waals surface area contributed by atoms with E-state index in [9.17, 15) is 0 Å². The Balaban J connectivity index is 2.43. The predicted octanol–water partition coefficient (Wildman–Crippen LogP) is 4.95. The van der Waals surface area contributed by atoms with Crippen LogP contribution >= 0.6 is 11.6 Å². The van der Waals surface area contributed by atoms with Crippen molar-refractivity contribution in [1.82, 2.24) is 5.32 Å². The highest BCUT2D eigenvalue weighted by molar-refractivity contribution is 6.31. The van der Waals surface area contributed by atoms with Crippen LogP contribution in [-0.4, -0.2) is 6.54 Å². The Kier molecular flexibility index (Phi) is 4.90. The molecular weight excluding hydrogens is 270 g/mol. The van der Waals surface area contributed by atoms with E-state index in [4.69, 9.17) is 16.0 Å². The third-order valence-corrected chi connectivity index (χ3v) is 3.95. The van der Waals surface area contributed by atoms with E-state index < -0.39 is 0 Å². The van der Waals surface area contributed by atoms with Crippen LogP contribution in [0.15, 0.2) is 28.9 Å². The first-order valence-corrected chi connectivity index (χ1v) is 7.45. The zero-order valence-corrected chi connectivity index (χ0v) is 13.3. The number of aryl methyl sites for hydroxylation is 3. The van der Waals surface area contributed by atoms with Gasteiger partial charge < -0.3 is 9.73 Å². The Morgan fingerprint density at radius 2 is 1.90 bits per heavy atom. The first kappa shape index (κ1) is 15.1. The van der Waals surface area contributed by atoms with Crippen LogP contribution in [0.5, 0.6) is 0 Å². The van der Waals surface area contributed by atoms with Crippen LogP contribution in [0.25, 0.3) is 0 Å². The lowest BCUT2D eigenvalue weighted by atomic mass is 9.94. The third-order valence-electron chi connectivity index (χ3n) is 3.54. The summed E-state index contributed by atoms with van der Waals surface area (Å²) < 4.78 is 5.47. The van der Waals surface area contributed by atoms with Crippen molar-refractivity contribution < 1.29 is 4.42 Å². The SMILES string of the molecule is CCCNC(c1coc(C)c1)c1cc(C)c(Cl)cc1C. The van der Waals surface area contributed by atoms with E-state index in [0.29, 0.717) is 0 Å². The molecule has 1 N–H and O–H groups in total. The van der Waals surface area contributed by atoms with E-state index in [-0.39, 0.29) is 6.04 Å². The molecule has 0 radical (unpaired) electrons. The van der Waals surface area contributed by atoms with E-state index in [2.05, 4.69) is 31.3 Å². The van der Waals surface area contributed by atoms with Crippen molar-refractivity contribution in [3.05, 3.63) is 57.5 Å². The first-order valence-electron chi connectivity index (χ1n) is 7.08. The standard InChI is InChI=1S/C17H22ClNO/c1-5-6-19-17(14-9-13(4)20-10-14)15-7-12(3)16(18)8-11(15)2/h7-10,17,19H,5-6H2,1-4H3. The molecule has 0 aliphatic carbocycles. The predicted molar refractivity (Wildman–Crippen MR) is 84.5 cm³/mol. The fourth-order valence-electron chi connectivity index (χ4n) is 2.43. The summed E-state index contributed by atoms with van der Waals surface area (Å²) in [5.41, 5.74) is 4.74. The minimum atomic E-state index is 0.156. The molecule has 0 spiro atoms. The molecule has 0 saturated carbocycles. The van der Waals surface area contributed by atoms with Crippen molar-refractivity contribution in [2.45, 2.75) is 40.2 Å². The highest BCUT2D eigenvalue weighted by atomic mass is 35.5. The van der Waals surface area contributed by atoms with Gasteiger partial charge in [0.1, 0.15) is 5.76 Å². The summed E-state index contributed by atoms with van der Waals surface area (Å²) in [5.74, 6) is 0.937. The molecule has 0 fully saturated rings. The van der Waals surface area contributed by atoms with Gasteiger partial charge in [-0.3, -0.25) is 0 Å². The van der Waals surface area contributed by atoms with E-state index in [0.717, 1.165) is 29.3 Å². The molecule has 2 rings (SSSR count). The molecule has 1 atom stereocenters. The van der Waals surface area contributed by atoms with E-state index in [1.54, 1.807) is 0 Å².